The van der Waals surface area contributed by atoms with Crippen LogP contribution in [0.15, 0.2) is 6.07 Å². The number of ether oxygens (including phenoxy) is 2. The highest BCUT2D eigenvalue weighted by Crippen LogP contribution is 2.26. The van der Waals surface area contributed by atoms with Crippen molar-refractivity contribution in [2.45, 2.75) is 32.3 Å². The number of hydrogen-bond acceptors (Lipinski definition) is 4. The summed E-state index contributed by atoms with van der Waals surface area (Å²) in [6, 6.07) is 1.94. The van der Waals surface area contributed by atoms with Crippen LogP contribution in [0, 0.1) is 5.41 Å². The van der Waals surface area contributed by atoms with Crippen LogP contribution in [0.5, 0.6) is 5.88 Å². The number of nitrogen functional groups attached to an aromatic ring is 1. The van der Waals surface area contributed by atoms with Crippen LogP contribution in [0.2, 0.25) is 0 Å². The lowest BCUT2D eigenvalue weighted by molar-refractivity contribution is 0.0887. The summed E-state index contributed by atoms with van der Waals surface area (Å²) in [7, 11) is 1.63. The molecule has 0 aromatic carbocycles. The van der Waals surface area contributed by atoms with E-state index < -0.39 is 0 Å². The van der Waals surface area contributed by atoms with Crippen molar-refractivity contribution < 1.29 is 9.47 Å². The fourth-order valence-electron chi connectivity index (χ4n) is 2.20. The summed E-state index contributed by atoms with van der Waals surface area (Å²) in [5.74, 6) is 0.449. The highest BCUT2D eigenvalue weighted by molar-refractivity contribution is 5.97. The molecule has 0 saturated carbocycles. The Kier molecular flexibility index (Phi) is 3.81. The van der Waals surface area contributed by atoms with Crippen molar-refractivity contribution in [3.8, 4) is 5.88 Å². The number of fused-ring (bicyclic) bond motifs is 1. The second kappa shape index (κ2) is 5.35. The minimum absolute atomic E-state index is 0.00295. The van der Waals surface area contributed by atoms with Gasteiger partial charge < -0.3 is 15.2 Å². The molecule has 1 unspecified atom stereocenters. The molecule has 1 aromatic heterocycles. The van der Waals surface area contributed by atoms with Crippen molar-refractivity contribution in [3.05, 3.63) is 22.9 Å². The number of nitrogens with one attached hydrogen (secondary N) is 1. The first kappa shape index (κ1) is 12.8. The van der Waals surface area contributed by atoms with Gasteiger partial charge in [0.1, 0.15) is 11.9 Å². The van der Waals surface area contributed by atoms with Gasteiger partial charge in [0.2, 0.25) is 5.88 Å². The van der Waals surface area contributed by atoms with E-state index in [9.17, 15) is 0 Å². The fraction of sp³-hybridized carbons (Fsp3) is 0.538. The Balaban J connectivity index is 2.29. The molecule has 2 rings (SSSR count). The largest absolute Gasteiger partial charge is 0.472 e. The van der Waals surface area contributed by atoms with Gasteiger partial charge in [-0.25, -0.2) is 4.98 Å². The Hall–Kier alpha value is -1.62. The third kappa shape index (κ3) is 2.61. The van der Waals surface area contributed by atoms with Gasteiger partial charge in [-0.1, -0.05) is 0 Å². The van der Waals surface area contributed by atoms with Gasteiger partial charge in [0.15, 0.2) is 0 Å². The van der Waals surface area contributed by atoms with Crippen LogP contribution in [0.1, 0.15) is 30.2 Å². The number of methoxy groups -OCH3 is 1. The van der Waals surface area contributed by atoms with Crippen LogP contribution in [0.4, 0.5) is 0 Å². The monoisotopic (exact) mass is 249 g/mol. The third-order valence-corrected chi connectivity index (χ3v) is 3.02. The predicted molar refractivity (Wildman–Crippen MR) is 69.2 cm³/mol. The Morgan fingerprint density at radius 3 is 3.00 bits per heavy atom. The van der Waals surface area contributed by atoms with E-state index in [1.54, 1.807) is 7.11 Å². The first-order valence-corrected chi connectivity index (χ1v) is 6.14. The summed E-state index contributed by atoms with van der Waals surface area (Å²) >= 11 is 0. The van der Waals surface area contributed by atoms with Crippen LogP contribution in [0.3, 0.4) is 0 Å². The van der Waals surface area contributed by atoms with E-state index >= 15 is 0 Å². The van der Waals surface area contributed by atoms with Crippen LogP contribution in [-0.2, 0) is 17.6 Å². The smallest absolute Gasteiger partial charge is 0.225 e. The number of aromatic nitrogens is 1. The van der Waals surface area contributed by atoms with Crippen molar-refractivity contribution in [2.24, 2.45) is 5.73 Å². The van der Waals surface area contributed by atoms with E-state index in [4.69, 9.17) is 20.6 Å². The molecule has 0 spiro atoms. The Morgan fingerprint density at radius 1 is 1.56 bits per heavy atom. The molecule has 1 heterocycles. The molecule has 3 N–H and O–H groups in total. The minimum Gasteiger partial charge on any atom is -0.472 e. The van der Waals surface area contributed by atoms with Gasteiger partial charge in [0, 0.05) is 12.8 Å². The predicted octanol–water partition coefficient (Wildman–Crippen LogP) is 1.27. The molecule has 5 nitrogen and oxygen atoms in total. The fourth-order valence-corrected chi connectivity index (χ4v) is 2.20. The number of pyridine rings is 1. The molecule has 0 amide bonds. The molecule has 5 heteroatoms. The second-order valence-corrected chi connectivity index (χ2v) is 4.60. The zero-order valence-corrected chi connectivity index (χ0v) is 10.8. The number of nitrogens with zero attached hydrogens (tertiary/aromatic N) is 1. The van der Waals surface area contributed by atoms with E-state index in [1.165, 1.54) is 5.56 Å². The van der Waals surface area contributed by atoms with E-state index in [0.717, 1.165) is 25.0 Å². The van der Waals surface area contributed by atoms with Crippen LogP contribution >= 0.6 is 0 Å². The first-order chi connectivity index (χ1) is 8.61. The Bertz CT molecular complexity index is 460. The molecule has 0 radical (unpaired) electrons. The van der Waals surface area contributed by atoms with Gasteiger partial charge in [-0.3, -0.25) is 5.41 Å². The zero-order valence-electron chi connectivity index (χ0n) is 10.8. The lowest BCUT2D eigenvalue weighted by Crippen LogP contribution is -2.22. The molecular formula is C13H19N3O2. The van der Waals surface area contributed by atoms with Crippen molar-refractivity contribution >= 4 is 5.84 Å². The molecule has 1 atom stereocenters. The summed E-state index contributed by atoms with van der Waals surface area (Å²) in [6.45, 7) is 2.39. The molecule has 0 bridgehead atoms. The van der Waals surface area contributed by atoms with Crippen molar-refractivity contribution in [2.75, 3.05) is 13.7 Å². The van der Waals surface area contributed by atoms with Gasteiger partial charge in [-0.2, -0.15) is 0 Å². The highest BCUT2D eigenvalue weighted by Gasteiger charge is 2.19. The quantitative estimate of drug-likeness (QED) is 0.608. The maximum absolute atomic E-state index is 7.61. The average Bonchev–Trinajstić information content (AvgIpc) is 2.74. The van der Waals surface area contributed by atoms with Crippen LogP contribution in [-0.4, -0.2) is 30.6 Å². The number of nitrogens with two attached hydrogens (primary N) is 1. The molecular weight excluding hydrogens is 230 g/mol. The van der Waals surface area contributed by atoms with Crippen LogP contribution < -0.4 is 10.5 Å². The lowest BCUT2D eigenvalue weighted by atomic mass is 10.1. The van der Waals surface area contributed by atoms with Crippen molar-refractivity contribution in [1.29, 1.82) is 5.41 Å². The van der Waals surface area contributed by atoms with Crippen molar-refractivity contribution in [3.63, 3.8) is 0 Å². The zero-order chi connectivity index (χ0) is 13.1. The third-order valence-electron chi connectivity index (χ3n) is 3.02. The summed E-state index contributed by atoms with van der Waals surface area (Å²) in [6.07, 6.45) is 2.98. The molecule has 18 heavy (non-hydrogen) atoms. The number of hydrogen-bond donors (Lipinski definition) is 2. The lowest BCUT2D eigenvalue weighted by Gasteiger charge is -2.16. The summed E-state index contributed by atoms with van der Waals surface area (Å²) in [4.78, 5) is 4.50. The molecule has 0 saturated heterocycles. The number of amidine groups is 1. The maximum Gasteiger partial charge on any atom is 0.225 e. The van der Waals surface area contributed by atoms with E-state index in [1.807, 2.05) is 13.0 Å². The average molecular weight is 249 g/mol. The summed E-state index contributed by atoms with van der Waals surface area (Å²) < 4.78 is 10.7. The SMILES string of the molecule is COCC(C)Oc1nc2c(cc1C(=N)N)CCC2. The molecule has 0 aliphatic heterocycles. The summed E-state index contributed by atoms with van der Waals surface area (Å²) in [5.41, 5.74) is 8.43. The minimum atomic E-state index is -0.111. The molecule has 0 fully saturated rings. The maximum atomic E-state index is 7.61. The Morgan fingerprint density at radius 2 is 2.33 bits per heavy atom. The van der Waals surface area contributed by atoms with Gasteiger partial charge in [0.25, 0.3) is 0 Å². The molecule has 1 aromatic rings. The highest BCUT2D eigenvalue weighted by atomic mass is 16.5. The molecule has 98 valence electrons. The number of aryl methyl sites for hydroxylation is 2. The van der Waals surface area contributed by atoms with E-state index in [0.29, 0.717) is 18.1 Å². The van der Waals surface area contributed by atoms with Crippen LogP contribution in [0.25, 0.3) is 0 Å². The number of rotatable bonds is 5. The Labute approximate surface area is 107 Å². The van der Waals surface area contributed by atoms with Crippen molar-refractivity contribution in [1.82, 2.24) is 4.98 Å². The topological polar surface area (TPSA) is 81.2 Å². The van der Waals surface area contributed by atoms with Gasteiger partial charge in [0.05, 0.1) is 12.2 Å². The first-order valence-electron chi connectivity index (χ1n) is 6.14. The molecule has 1 aliphatic rings. The van der Waals surface area contributed by atoms with Gasteiger partial charge >= 0.3 is 0 Å². The standard InChI is InChI=1S/C13H19N3O2/c1-8(7-17-2)18-13-10(12(14)15)6-9-4-3-5-11(9)16-13/h6,8H,3-5,7H2,1-2H3,(H3,14,15). The summed E-state index contributed by atoms with van der Waals surface area (Å²) in [5, 5.41) is 7.61. The van der Waals surface area contributed by atoms with E-state index in [-0.39, 0.29) is 11.9 Å². The second-order valence-electron chi connectivity index (χ2n) is 4.60. The van der Waals surface area contributed by atoms with Gasteiger partial charge in [-0.05, 0) is 37.8 Å². The molecule has 1 aliphatic carbocycles. The van der Waals surface area contributed by atoms with E-state index in [2.05, 4.69) is 4.98 Å². The normalized spacial score (nSPS) is 15.2. The van der Waals surface area contributed by atoms with Gasteiger partial charge in [-0.15, -0.1) is 0 Å².